The number of benzene rings is 1. The number of aromatic nitrogens is 1. The van der Waals surface area contributed by atoms with Gasteiger partial charge in [0.05, 0.1) is 13.2 Å². The molecule has 2 amide bonds. The predicted molar refractivity (Wildman–Crippen MR) is 105 cm³/mol. The Kier molecular flexibility index (Phi) is 8.19. The van der Waals surface area contributed by atoms with Crippen molar-refractivity contribution in [2.24, 2.45) is 7.05 Å². The number of halogens is 1. The number of nitrogens with zero attached hydrogens (tertiary/aromatic N) is 3. The van der Waals surface area contributed by atoms with Crippen molar-refractivity contribution in [3.8, 4) is 0 Å². The number of carbonyl (C=O) groups excluding carboxylic acids is 2. The summed E-state index contributed by atoms with van der Waals surface area (Å²) in [5.74, 6) is -0.828. The van der Waals surface area contributed by atoms with E-state index in [1.165, 1.54) is 29.2 Å². The topological polar surface area (TPSA) is 54.8 Å². The maximum atomic E-state index is 13.1. The number of amides is 2. The van der Waals surface area contributed by atoms with E-state index in [1.54, 1.807) is 12.0 Å². The summed E-state index contributed by atoms with van der Waals surface area (Å²) in [6.07, 6.45) is 2.64. The van der Waals surface area contributed by atoms with Crippen LogP contribution in [0.15, 0.2) is 42.6 Å². The van der Waals surface area contributed by atoms with Crippen LogP contribution >= 0.6 is 0 Å². The van der Waals surface area contributed by atoms with Crippen LogP contribution in [0.4, 0.5) is 4.39 Å². The molecule has 0 unspecified atom stereocenters. The minimum atomic E-state index is -0.400. The summed E-state index contributed by atoms with van der Waals surface area (Å²) in [5, 5.41) is 0. The Labute approximate surface area is 165 Å². The summed E-state index contributed by atoms with van der Waals surface area (Å²) in [4.78, 5) is 29.0. The second kappa shape index (κ2) is 10.6. The highest BCUT2D eigenvalue weighted by molar-refractivity contribution is 5.96. The van der Waals surface area contributed by atoms with Crippen LogP contribution in [-0.4, -0.2) is 59.5 Å². The number of hydrogen-bond acceptors (Lipinski definition) is 3. The molecule has 0 aliphatic carbocycles. The Morgan fingerprint density at radius 1 is 1.11 bits per heavy atom. The van der Waals surface area contributed by atoms with Crippen molar-refractivity contribution in [2.75, 3.05) is 33.4 Å². The molecule has 0 N–H and O–H groups in total. The number of hydrogen-bond donors (Lipinski definition) is 0. The Morgan fingerprint density at radius 3 is 2.39 bits per heavy atom. The van der Waals surface area contributed by atoms with Gasteiger partial charge in [-0.2, -0.15) is 0 Å². The molecule has 28 heavy (non-hydrogen) atoms. The Balaban J connectivity index is 2.12. The van der Waals surface area contributed by atoms with Crippen LogP contribution in [0.3, 0.4) is 0 Å². The second-order valence-electron chi connectivity index (χ2n) is 6.65. The van der Waals surface area contributed by atoms with Crippen LogP contribution in [0.5, 0.6) is 0 Å². The van der Waals surface area contributed by atoms with E-state index in [0.29, 0.717) is 31.8 Å². The highest BCUT2D eigenvalue weighted by Crippen LogP contribution is 2.10. The summed E-state index contributed by atoms with van der Waals surface area (Å²) in [7, 11) is 3.52. The smallest absolute Gasteiger partial charge is 0.254 e. The van der Waals surface area contributed by atoms with Gasteiger partial charge in [0.25, 0.3) is 5.91 Å². The van der Waals surface area contributed by atoms with Crippen molar-refractivity contribution in [1.82, 2.24) is 14.4 Å². The van der Waals surface area contributed by atoms with E-state index in [2.05, 4.69) is 0 Å². The summed E-state index contributed by atoms with van der Waals surface area (Å²) in [6, 6.07) is 9.27. The van der Waals surface area contributed by atoms with Gasteiger partial charge in [-0.3, -0.25) is 9.59 Å². The van der Waals surface area contributed by atoms with E-state index in [9.17, 15) is 14.0 Å². The molecule has 0 saturated heterocycles. The SMILES string of the molecule is CCCN(CC(=O)N(CCOC)Cc1cccn1C)C(=O)c1ccc(F)cc1. The highest BCUT2D eigenvalue weighted by Gasteiger charge is 2.22. The molecule has 7 heteroatoms. The number of ether oxygens (including phenoxy) is 1. The molecule has 0 spiro atoms. The first-order chi connectivity index (χ1) is 13.5. The Bertz CT molecular complexity index is 773. The normalized spacial score (nSPS) is 10.7. The highest BCUT2D eigenvalue weighted by atomic mass is 19.1. The molecule has 0 radical (unpaired) electrons. The molecule has 1 heterocycles. The standard InChI is InChI=1S/C21H28FN3O3/c1-4-11-25(21(27)17-7-9-18(22)10-8-17)16-20(26)24(13-14-28-3)15-19-6-5-12-23(19)2/h5-10,12H,4,11,13-16H2,1-3H3. The summed E-state index contributed by atoms with van der Waals surface area (Å²) in [5.41, 5.74) is 1.37. The molecule has 1 aromatic carbocycles. The molecule has 0 atom stereocenters. The zero-order valence-electron chi connectivity index (χ0n) is 16.7. The zero-order chi connectivity index (χ0) is 20.5. The molecule has 0 bridgehead atoms. The van der Waals surface area contributed by atoms with Crippen LogP contribution in [0.1, 0.15) is 29.4 Å². The fourth-order valence-corrected chi connectivity index (χ4v) is 2.91. The summed E-state index contributed by atoms with van der Waals surface area (Å²) in [6.45, 7) is 3.65. The van der Waals surface area contributed by atoms with Gasteiger partial charge in [0.1, 0.15) is 12.4 Å². The minimum Gasteiger partial charge on any atom is -0.383 e. The molecular formula is C21H28FN3O3. The van der Waals surface area contributed by atoms with Gasteiger partial charge in [0.15, 0.2) is 0 Å². The van der Waals surface area contributed by atoms with E-state index < -0.39 is 5.82 Å². The third kappa shape index (κ3) is 5.92. The van der Waals surface area contributed by atoms with Crippen LogP contribution in [-0.2, 0) is 23.1 Å². The van der Waals surface area contributed by atoms with Gasteiger partial charge in [-0.05, 0) is 42.8 Å². The van der Waals surface area contributed by atoms with Crippen molar-refractivity contribution in [3.63, 3.8) is 0 Å². The molecule has 2 aromatic rings. The molecule has 0 aliphatic rings. The third-order valence-corrected chi connectivity index (χ3v) is 4.52. The number of carbonyl (C=O) groups is 2. The quantitative estimate of drug-likeness (QED) is 0.628. The lowest BCUT2D eigenvalue weighted by Crippen LogP contribution is -2.44. The second-order valence-corrected chi connectivity index (χ2v) is 6.65. The van der Waals surface area contributed by atoms with E-state index in [4.69, 9.17) is 4.74 Å². The lowest BCUT2D eigenvalue weighted by Gasteiger charge is -2.27. The Hall–Kier alpha value is -2.67. The van der Waals surface area contributed by atoms with Crippen molar-refractivity contribution >= 4 is 11.8 Å². The lowest BCUT2D eigenvalue weighted by molar-refractivity contribution is -0.133. The van der Waals surface area contributed by atoms with Gasteiger partial charge >= 0.3 is 0 Å². The lowest BCUT2D eigenvalue weighted by atomic mass is 10.2. The van der Waals surface area contributed by atoms with Crippen LogP contribution in [0, 0.1) is 5.82 Å². The molecule has 152 valence electrons. The van der Waals surface area contributed by atoms with E-state index in [-0.39, 0.29) is 18.4 Å². The van der Waals surface area contributed by atoms with Gasteiger partial charge in [-0.1, -0.05) is 6.92 Å². The van der Waals surface area contributed by atoms with E-state index in [1.807, 2.05) is 36.9 Å². The molecular weight excluding hydrogens is 361 g/mol. The Morgan fingerprint density at radius 2 is 1.82 bits per heavy atom. The molecule has 0 saturated carbocycles. The number of aryl methyl sites for hydroxylation is 1. The van der Waals surface area contributed by atoms with Crippen molar-refractivity contribution < 1.29 is 18.7 Å². The van der Waals surface area contributed by atoms with Crippen molar-refractivity contribution in [3.05, 3.63) is 59.7 Å². The predicted octanol–water partition coefficient (Wildman–Crippen LogP) is 2.69. The summed E-state index contributed by atoms with van der Waals surface area (Å²) >= 11 is 0. The first kappa shape index (κ1) is 21.6. The third-order valence-electron chi connectivity index (χ3n) is 4.52. The molecule has 6 nitrogen and oxygen atoms in total. The maximum Gasteiger partial charge on any atom is 0.254 e. The van der Waals surface area contributed by atoms with Crippen molar-refractivity contribution in [2.45, 2.75) is 19.9 Å². The van der Waals surface area contributed by atoms with Gasteiger partial charge < -0.3 is 19.1 Å². The van der Waals surface area contributed by atoms with Crippen LogP contribution in [0.2, 0.25) is 0 Å². The van der Waals surface area contributed by atoms with Gasteiger partial charge in [-0.15, -0.1) is 0 Å². The molecule has 1 aromatic heterocycles. The number of rotatable bonds is 10. The van der Waals surface area contributed by atoms with E-state index in [0.717, 1.165) is 12.1 Å². The van der Waals surface area contributed by atoms with Gasteiger partial charge in [0.2, 0.25) is 5.91 Å². The first-order valence-electron chi connectivity index (χ1n) is 9.38. The monoisotopic (exact) mass is 389 g/mol. The summed E-state index contributed by atoms with van der Waals surface area (Å²) < 4.78 is 20.2. The van der Waals surface area contributed by atoms with Gasteiger partial charge in [-0.25, -0.2) is 4.39 Å². The molecule has 0 fully saturated rings. The fraction of sp³-hybridized carbons (Fsp3) is 0.429. The molecule has 0 aliphatic heterocycles. The van der Waals surface area contributed by atoms with E-state index >= 15 is 0 Å². The first-order valence-corrected chi connectivity index (χ1v) is 9.38. The number of methoxy groups -OCH3 is 1. The van der Waals surface area contributed by atoms with Gasteiger partial charge in [0, 0.05) is 44.7 Å². The maximum absolute atomic E-state index is 13.1. The van der Waals surface area contributed by atoms with Crippen LogP contribution < -0.4 is 0 Å². The fourth-order valence-electron chi connectivity index (χ4n) is 2.91. The zero-order valence-corrected chi connectivity index (χ0v) is 16.7. The van der Waals surface area contributed by atoms with Crippen molar-refractivity contribution in [1.29, 1.82) is 0 Å². The largest absolute Gasteiger partial charge is 0.383 e. The average Bonchev–Trinajstić information content (AvgIpc) is 3.09. The van der Waals surface area contributed by atoms with Crippen LogP contribution in [0.25, 0.3) is 0 Å². The molecule has 2 rings (SSSR count). The minimum absolute atomic E-state index is 0.0296. The average molecular weight is 389 g/mol.